The normalized spacial score (nSPS) is 20.8. The van der Waals surface area contributed by atoms with E-state index in [2.05, 4.69) is 0 Å². The monoisotopic (exact) mass is 337 g/mol. The summed E-state index contributed by atoms with van der Waals surface area (Å²) in [4.78, 5) is 38.6. The van der Waals surface area contributed by atoms with Crippen molar-refractivity contribution in [1.29, 1.82) is 0 Å². The van der Waals surface area contributed by atoms with Gasteiger partial charge in [0.05, 0.1) is 26.4 Å². The van der Waals surface area contributed by atoms with Gasteiger partial charge in [-0.05, 0) is 24.8 Å². The first kappa shape index (κ1) is 18.0. The number of ether oxygens (including phenoxy) is 2. The molecule has 1 fully saturated rings. The Morgan fingerprint density at radius 3 is 2.46 bits per heavy atom. The SMILES string of the molecule is COC(=O)C1CCCN(C(=O)c2occc2C(C)C)C1C(=O)OC. The van der Waals surface area contributed by atoms with Gasteiger partial charge in [-0.3, -0.25) is 9.59 Å². The van der Waals surface area contributed by atoms with E-state index in [1.165, 1.54) is 25.4 Å². The minimum absolute atomic E-state index is 0.0977. The molecule has 1 aliphatic rings. The van der Waals surface area contributed by atoms with E-state index in [4.69, 9.17) is 13.9 Å². The van der Waals surface area contributed by atoms with Gasteiger partial charge in [-0.2, -0.15) is 0 Å². The summed E-state index contributed by atoms with van der Waals surface area (Å²) >= 11 is 0. The van der Waals surface area contributed by atoms with Gasteiger partial charge < -0.3 is 18.8 Å². The van der Waals surface area contributed by atoms with Gasteiger partial charge in [0, 0.05) is 12.1 Å². The molecule has 0 aromatic carbocycles. The topological polar surface area (TPSA) is 86.0 Å². The molecule has 0 saturated carbocycles. The molecular weight excluding hydrogens is 314 g/mol. The molecule has 1 aliphatic heterocycles. The predicted octanol–water partition coefficient (Wildman–Crippen LogP) is 1.97. The van der Waals surface area contributed by atoms with Gasteiger partial charge in [0.1, 0.15) is 6.04 Å². The number of esters is 2. The van der Waals surface area contributed by atoms with Crippen molar-refractivity contribution in [3.8, 4) is 0 Å². The van der Waals surface area contributed by atoms with Crippen LogP contribution >= 0.6 is 0 Å². The molecule has 0 bridgehead atoms. The van der Waals surface area contributed by atoms with Gasteiger partial charge in [0.15, 0.2) is 5.76 Å². The van der Waals surface area contributed by atoms with E-state index in [1.807, 2.05) is 13.8 Å². The van der Waals surface area contributed by atoms with Gasteiger partial charge >= 0.3 is 11.9 Å². The summed E-state index contributed by atoms with van der Waals surface area (Å²) in [5.41, 5.74) is 0.767. The molecule has 0 aliphatic carbocycles. The van der Waals surface area contributed by atoms with Gasteiger partial charge in [-0.1, -0.05) is 13.8 Å². The van der Waals surface area contributed by atoms with Crippen LogP contribution < -0.4 is 0 Å². The van der Waals surface area contributed by atoms with Crippen molar-refractivity contribution in [2.24, 2.45) is 5.92 Å². The molecular formula is C17H23NO6. The Labute approximate surface area is 140 Å². The van der Waals surface area contributed by atoms with Crippen molar-refractivity contribution in [1.82, 2.24) is 4.90 Å². The van der Waals surface area contributed by atoms with Crippen molar-refractivity contribution in [3.63, 3.8) is 0 Å². The fraction of sp³-hybridized carbons (Fsp3) is 0.588. The van der Waals surface area contributed by atoms with Crippen LogP contribution in [0.4, 0.5) is 0 Å². The third-order valence-corrected chi connectivity index (χ3v) is 4.35. The van der Waals surface area contributed by atoms with E-state index in [0.29, 0.717) is 19.4 Å². The number of nitrogens with zero attached hydrogens (tertiary/aromatic N) is 1. The number of piperidine rings is 1. The van der Waals surface area contributed by atoms with Gasteiger partial charge in [0.2, 0.25) is 0 Å². The first-order valence-electron chi connectivity index (χ1n) is 7.96. The van der Waals surface area contributed by atoms with Gasteiger partial charge in [0.25, 0.3) is 5.91 Å². The molecule has 0 N–H and O–H groups in total. The molecule has 2 atom stereocenters. The molecule has 24 heavy (non-hydrogen) atoms. The molecule has 1 amide bonds. The molecule has 0 spiro atoms. The van der Waals surface area contributed by atoms with Crippen LogP contribution in [0.2, 0.25) is 0 Å². The second-order valence-electron chi connectivity index (χ2n) is 6.10. The first-order valence-corrected chi connectivity index (χ1v) is 7.96. The molecule has 7 heteroatoms. The molecule has 132 valence electrons. The quantitative estimate of drug-likeness (QED) is 0.781. The van der Waals surface area contributed by atoms with Crippen molar-refractivity contribution >= 4 is 17.8 Å². The second-order valence-corrected chi connectivity index (χ2v) is 6.10. The molecule has 7 nitrogen and oxygen atoms in total. The first-order chi connectivity index (χ1) is 11.4. The van der Waals surface area contributed by atoms with Crippen LogP contribution in [0.15, 0.2) is 16.7 Å². The minimum Gasteiger partial charge on any atom is -0.469 e. The van der Waals surface area contributed by atoms with Gasteiger partial charge in [-0.25, -0.2) is 4.79 Å². The third-order valence-electron chi connectivity index (χ3n) is 4.35. The van der Waals surface area contributed by atoms with E-state index < -0.39 is 29.8 Å². The average molecular weight is 337 g/mol. The Kier molecular flexibility index (Phi) is 5.64. The number of carbonyl (C=O) groups is 3. The van der Waals surface area contributed by atoms with E-state index in [9.17, 15) is 14.4 Å². The Hall–Kier alpha value is -2.31. The van der Waals surface area contributed by atoms with Crippen molar-refractivity contribution in [3.05, 3.63) is 23.7 Å². The maximum absolute atomic E-state index is 12.9. The number of carbonyl (C=O) groups excluding carboxylic acids is 3. The molecule has 0 radical (unpaired) electrons. The van der Waals surface area contributed by atoms with Crippen molar-refractivity contribution < 1.29 is 28.3 Å². The predicted molar refractivity (Wildman–Crippen MR) is 84.4 cm³/mol. The summed E-state index contributed by atoms with van der Waals surface area (Å²) in [6.07, 6.45) is 2.51. The molecule has 1 aromatic rings. The zero-order valence-electron chi connectivity index (χ0n) is 14.4. The highest BCUT2D eigenvalue weighted by molar-refractivity contribution is 5.97. The molecule has 2 rings (SSSR count). The molecule has 1 aromatic heterocycles. The van der Waals surface area contributed by atoms with Crippen LogP contribution in [-0.4, -0.2) is 49.6 Å². The summed E-state index contributed by atoms with van der Waals surface area (Å²) in [5, 5.41) is 0. The highest BCUT2D eigenvalue weighted by Gasteiger charge is 2.45. The lowest BCUT2D eigenvalue weighted by molar-refractivity contribution is -0.160. The lowest BCUT2D eigenvalue weighted by Crippen LogP contribution is -2.55. The Morgan fingerprint density at radius 1 is 1.21 bits per heavy atom. The molecule has 2 heterocycles. The Bertz CT molecular complexity index is 620. The van der Waals surface area contributed by atoms with Crippen LogP contribution in [-0.2, 0) is 19.1 Å². The zero-order chi connectivity index (χ0) is 17.9. The number of amides is 1. The highest BCUT2D eigenvalue weighted by Crippen LogP contribution is 2.29. The standard InChI is InChI=1S/C17H23NO6/c1-10(2)11-7-9-24-14(11)15(19)18-8-5-6-12(16(20)22-3)13(18)17(21)23-4/h7,9-10,12-13H,5-6,8H2,1-4H3. The van der Waals surface area contributed by atoms with Crippen molar-refractivity contribution in [2.45, 2.75) is 38.6 Å². The van der Waals surface area contributed by atoms with Crippen LogP contribution in [0.1, 0.15) is 48.7 Å². The van der Waals surface area contributed by atoms with E-state index in [-0.39, 0.29) is 11.7 Å². The highest BCUT2D eigenvalue weighted by atomic mass is 16.5. The summed E-state index contributed by atoms with van der Waals surface area (Å²) in [6.45, 7) is 4.25. The Balaban J connectivity index is 2.38. The lowest BCUT2D eigenvalue weighted by Gasteiger charge is -2.37. The maximum Gasteiger partial charge on any atom is 0.329 e. The van der Waals surface area contributed by atoms with E-state index in [0.717, 1.165) is 5.56 Å². The zero-order valence-corrected chi connectivity index (χ0v) is 14.4. The molecule has 1 saturated heterocycles. The van der Waals surface area contributed by atoms with Crippen LogP contribution in [0, 0.1) is 5.92 Å². The number of likely N-dealkylation sites (tertiary alicyclic amines) is 1. The third kappa shape index (κ3) is 3.29. The summed E-state index contributed by atoms with van der Waals surface area (Å²) in [6, 6.07) is 0.737. The summed E-state index contributed by atoms with van der Waals surface area (Å²) < 4.78 is 15.0. The largest absolute Gasteiger partial charge is 0.469 e. The lowest BCUT2D eigenvalue weighted by atomic mass is 9.88. The Morgan fingerprint density at radius 2 is 1.88 bits per heavy atom. The van der Waals surface area contributed by atoms with Crippen LogP contribution in [0.3, 0.4) is 0 Å². The van der Waals surface area contributed by atoms with E-state index in [1.54, 1.807) is 6.07 Å². The smallest absolute Gasteiger partial charge is 0.329 e. The van der Waals surface area contributed by atoms with E-state index >= 15 is 0 Å². The summed E-state index contributed by atoms with van der Waals surface area (Å²) in [7, 11) is 2.50. The van der Waals surface area contributed by atoms with Crippen LogP contribution in [0.25, 0.3) is 0 Å². The molecule has 2 unspecified atom stereocenters. The minimum atomic E-state index is -1.01. The average Bonchev–Trinajstić information content (AvgIpc) is 3.09. The van der Waals surface area contributed by atoms with Gasteiger partial charge in [-0.15, -0.1) is 0 Å². The fourth-order valence-electron chi connectivity index (χ4n) is 3.11. The fourth-order valence-corrected chi connectivity index (χ4v) is 3.11. The number of methoxy groups -OCH3 is 2. The summed E-state index contributed by atoms with van der Waals surface area (Å²) in [5.74, 6) is -2.00. The number of furan rings is 1. The number of hydrogen-bond acceptors (Lipinski definition) is 6. The maximum atomic E-state index is 12.9. The second kappa shape index (κ2) is 7.51. The van der Waals surface area contributed by atoms with Crippen molar-refractivity contribution in [2.75, 3.05) is 20.8 Å². The van der Waals surface area contributed by atoms with Crippen LogP contribution in [0.5, 0.6) is 0 Å². The number of rotatable bonds is 4. The number of hydrogen-bond donors (Lipinski definition) is 0.